The first-order valence-electron chi connectivity index (χ1n) is 7.04. The Morgan fingerprint density at radius 3 is 2.60 bits per heavy atom. The fourth-order valence-electron chi connectivity index (χ4n) is 2.06. The molecule has 0 N–H and O–H groups in total. The van der Waals surface area contributed by atoms with Crippen molar-refractivity contribution in [2.24, 2.45) is 5.92 Å². The second kappa shape index (κ2) is 6.03. The summed E-state index contributed by atoms with van der Waals surface area (Å²) in [6.45, 7) is 9.44. The van der Waals surface area contributed by atoms with Gasteiger partial charge in [-0.1, -0.05) is 13.8 Å². The Morgan fingerprint density at radius 2 is 2.00 bits per heavy atom. The zero-order valence-electron chi connectivity index (χ0n) is 13.0. The van der Waals surface area contributed by atoms with Crippen LogP contribution in [0.25, 0.3) is 5.82 Å². The van der Waals surface area contributed by atoms with Crippen molar-refractivity contribution in [3.05, 3.63) is 29.8 Å². The molecule has 108 valence electrons. The van der Waals surface area contributed by atoms with Gasteiger partial charge in [0.05, 0.1) is 18.1 Å². The van der Waals surface area contributed by atoms with Crippen LogP contribution in [-0.4, -0.2) is 33.3 Å². The van der Waals surface area contributed by atoms with Gasteiger partial charge in [0.1, 0.15) is 5.82 Å². The molecule has 0 spiro atoms. The van der Waals surface area contributed by atoms with Gasteiger partial charge in [-0.3, -0.25) is 4.98 Å². The lowest BCUT2D eigenvalue weighted by atomic mass is 10.1. The van der Waals surface area contributed by atoms with Crippen LogP contribution in [0.2, 0.25) is 0 Å². The van der Waals surface area contributed by atoms with Crippen molar-refractivity contribution in [1.29, 1.82) is 0 Å². The van der Waals surface area contributed by atoms with Gasteiger partial charge in [-0.2, -0.15) is 5.10 Å². The van der Waals surface area contributed by atoms with Gasteiger partial charge < -0.3 is 4.90 Å². The van der Waals surface area contributed by atoms with Crippen molar-refractivity contribution in [3.8, 4) is 5.82 Å². The van der Waals surface area contributed by atoms with E-state index in [1.807, 2.05) is 24.6 Å². The van der Waals surface area contributed by atoms with E-state index in [1.54, 1.807) is 12.4 Å². The molecular weight excluding hydrogens is 250 g/mol. The van der Waals surface area contributed by atoms with E-state index in [-0.39, 0.29) is 0 Å². The van der Waals surface area contributed by atoms with E-state index in [0.29, 0.717) is 5.92 Å². The first kappa shape index (κ1) is 14.5. The lowest BCUT2D eigenvalue weighted by Crippen LogP contribution is -2.21. The molecule has 0 fully saturated rings. The van der Waals surface area contributed by atoms with E-state index in [1.165, 1.54) is 0 Å². The Kier molecular flexibility index (Phi) is 4.37. The highest BCUT2D eigenvalue weighted by molar-refractivity contribution is 5.38. The number of aryl methyl sites for hydroxylation is 2. The van der Waals surface area contributed by atoms with Crippen molar-refractivity contribution >= 4 is 5.82 Å². The molecule has 0 aliphatic heterocycles. The predicted octanol–water partition coefficient (Wildman–Crippen LogP) is 2.76. The maximum absolute atomic E-state index is 4.66. The summed E-state index contributed by atoms with van der Waals surface area (Å²) in [6, 6.07) is 2.04. The second-order valence-electron chi connectivity index (χ2n) is 5.68. The van der Waals surface area contributed by atoms with Crippen LogP contribution in [0, 0.1) is 19.8 Å². The van der Waals surface area contributed by atoms with Crippen LogP contribution >= 0.6 is 0 Å². The van der Waals surface area contributed by atoms with Crippen LogP contribution in [-0.2, 0) is 0 Å². The van der Waals surface area contributed by atoms with Crippen LogP contribution in [0.15, 0.2) is 18.5 Å². The molecule has 0 amide bonds. The molecule has 0 saturated heterocycles. The average Bonchev–Trinajstić information content (AvgIpc) is 2.75. The molecule has 0 aliphatic carbocycles. The standard InChI is InChI=1S/C15H23N5/c1-11(2)6-7-19(5)14-9-16-10-15(17-14)20-13(4)8-12(3)18-20/h8-11H,6-7H2,1-5H3. The summed E-state index contributed by atoms with van der Waals surface area (Å²) >= 11 is 0. The van der Waals surface area contributed by atoms with Crippen molar-refractivity contribution < 1.29 is 0 Å². The van der Waals surface area contributed by atoms with Gasteiger partial charge in [0.15, 0.2) is 5.82 Å². The maximum atomic E-state index is 4.66. The molecule has 0 saturated carbocycles. The molecule has 2 aromatic rings. The fraction of sp³-hybridized carbons (Fsp3) is 0.533. The molecule has 2 aromatic heterocycles. The van der Waals surface area contributed by atoms with Crippen molar-refractivity contribution in [2.75, 3.05) is 18.5 Å². The van der Waals surface area contributed by atoms with Crippen LogP contribution in [0.4, 0.5) is 5.82 Å². The Morgan fingerprint density at radius 1 is 1.25 bits per heavy atom. The summed E-state index contributed by atoms with van der Waals surface area (Å²) < 4.78 is 1.84. The first-order valence-corrected chi connectivity index (χ1v) is 7.04. The quantitative estimate of drug-likeness (QED) is 0.840. The minimum Gasteiger partial charge on any atom is -0.358 e. The molecule has 5 heteroatoms. The Labute approximate surface area is 120 Å². The summed E-state index contributed by atoms with van der Waals surface area (Å²) in [5.74, 6) is 2.34. The molecule has 0 atom stereocenters. The summed E-state index contributed by atoms with van der Waals surface area (Å²) in [4.78, 5) is 11.1. The highest BCUT2D eigenvalue weighted by Crippen LogP contribution is 2.14. The third-order valence-corrected chi connectivity index (χ3v) is 3.27. The molecule has 0 unspecified atom stereocenters. The first-order chi connectivity index (χ1) is 9.47. The van der Waals surface area contributed by atoms with E-state index in [9.17, 15) is 0 Å². The topological polar surface area (TPSA) is 46.8 Å². The van der Waals surface area contributed by atoms with Crippen LogP contribution in [0.1, 0.15) is 31.7 Å². The monoisotopic (exact) mass is 273 g/mol. The Bertz CT molecular complexity index is 573. The van der Waals surface area contributed by atoms with Crippen LogP contribution in [0.3, 0.4) is 0 Å². The number of rotatable bonds is 5. The molecule has 2 heterocycles. The Hall–Kier alpha value is -1.91. The van der Waals surface area contributed by atoms with Crippen molar-refractivity contribution in [2.45, 2.75) is 34.1 Å². The zero-order chi connectivity index (χ0) is 14.7. The molecule has 0 bridgehead atoms. The minimum atomic E-state index is 0.685. The largest absolute Gasteiger partial charge is 0.358 e. The molecular formula is C15H23N5. The smallest absolute Gasteiger partial charge is 0.174 e. The highest BCUT2D eigenvalue weighted by atomic mass is 15.3. The zero-order valence-corrected chi connectivity index (χ0v) is 13.0. The lowest BCUT2D eigenvalue weighted by molar-refractivity contribution is 0.583. The van der Waals surface area contributed by atoms with E-state index in [2.05, 4.69) is 40.9 Å². The normalized spacial score (nSPS) is 11.1. The SMILES string of the molecule is Cc1cc(C)n(-c2cncc(N(C)CCC(C)C)n2)n1. The van der Waals surface area contributed by atoms with Gasteiger partial charge in [0.25, 0.3) is 0 Å². The predicted molar refractivity (Wildman–Crippen MR) is 81.4 cm³/mol. The van der Waals surface area contributed by atoms with E-state index in [4.69, 9.17) is 0 Å². The summed E-state index contributed by atoms with van der Waals surface area (Å²) in [6.07, 6.45) is 4.69. The Balaban J connectivity index is 2.21. The van der Waals surface area contributed by atoms with E-state index in [0.717, 1.165) is 36.0 Å². The van der Waals surface area contributed by atoms with Crippen LogP contribution in [0.5, 0.6) is 0 Å². The number of nitrogens with zero attached hydrogens (tertiary/aromatic N) is 5. The van der Waals surface area contributed by atoms with Gasteiger partial charge in [-0.15, -0.1) is 0 Å². The third-order valence-electron chi connectivity index (χ3n) is 3.27. The lowest BCUT2D eigenvalue weighted by Gasteiger charge is -2.19. The number of hydrogen-bond acceptors (Lipinski definition) is 4. The summed E-state index contributed by atoms with van der Waals surface area (Å²) in [7, 11) is 2.05. The number of hydrogen-bond donors (Lipinski definition) is 0. The van der Waals surface area contributed by atoms with Crippen molar-refractivity contribution in [1.82, 2.24) is 19.7 Å². The maximum Gasteiger partial charge on any atom is 0.174 e. The van der Waals surface area contributed by atoms with E-state index >= 15 is 0 Å². The number of anilines is 1. The average molecular weight is 273 g/mol. The minimum absolute atomic E-state index is 0.685. The summed E-state index contributed by atoms with van der Waals surface area (Å²) in [5.41, 5.74) is 2.06. The molecule has 20 heavy (non-hydrogen) atoms. The molecule has 0 aromatic carbocycles. The summed E-state index contributed by atoms with van der Waals surface area (Å²) in [5, 5.41) is 4.45. The van der Waals surface area contributed by atoms with Crippen molar-refractivity contribution in [3.63, 3.8) is 0 Å². The van der Waals surface area contributed by atoms with Gasteiger partial charge >= 0.3 is 0 Å². The van der Waals surface area contributed by atoms with Crippen LogP contribution < -0.4 is 4.90 Å². The van der Waals surface area contributed by atoms with Gasteiger partial charge in [-0.05, 0) is 32.3 Å². The van der Waals surface area contributed by atoms with Gasteiger partial charge in [0, 0.05) is 19.3 Å². The highest BCUT2D eigenvalue weighted by Gasteiger charge is 2.09. The van der Waals surface area contributed by atoms with E-state index < -0.39 is 0 Å². The number of aromatic nitrogens is 4. The molecule has 5 nitrogen and oxygen atoms in total. The van der Waals surface area contributed by atoms with Gasteiger partial charge in [-0.25, -0.2) is 9.67 Å². The molecule has 0 aliphatic rings. The second-order valence-corrected chi connectivity index (χ2v) is 5.68. The van der Waals surface area contributed by atoms with Gasteiger partial charge in [0.2, 0.25) is 0 Å². The third kappa shape index (κ3) is 3.35. The molecule has 0 radical (unpaired) electrons. The fourth-order valence-corrected chi connectivity index (χ4v) is 2.06. The molecule has 2 rings (SSSR count).